The molecule has 1 amide bonds. The van der Waals surface area contributed by atoms with E-state index in [1.165, 1.54) is 6.92 Å². The van der Waals surface area contributed by atoms with Crippen LogP contribution in [0.5, 0.6) is 0 Å². The quantitative estimate of drug-likeness (QED) is 0.533. The maximum Gasteiger partial charge on any atom is 0.302 e. The smallest absolute Gasteiger partial charge is 0.302 e. The van der Waals surface area contributed by atoms with E-state index in [1.54, 1.807) is 6.92 Å². The number of amides is 1. The summed E-state index contributed by atoms with van der Waals surface area (Å²) in [5, 5.41) is 5.60. The average Bonchev–Trinajstić information content (AvgIpc) is 2.06. The topological polar surface area (TPSA) is 67.4 Å². The van der Waals surface area contributed by atoms with Crippen molar-refractivity contribution in [1.29, 1.82) is 0 Å². The Morgan fingerprint density at radius 1 is 1.54 bits per heavy atom. The Morgan fingerprint density at radius 3 is 2.38 bits per heavy atom. The van der Waals surface area contributed by atoms with Crippen LogP contribution in [0.15, 0.2) is 0 Å². The van der Waals surface area contributed by atoms with Gasteiger partial charge in [-0.15, -0.1) is 0 Å². The minimum atomic E-state index is -0.211. The van der Waals surface area contributed by atoms with Gasteiger partial charge in [0, 0.05) is 20.0 Å². The van der Waals surface area contributed by atoms with E-state index >= 15 is 0 Å². The van der Waals surface area contributed by atoms with Crippen molar-refractivity contribution >= 4 is 11.9 Å². The highest BCUT2D eigenvalue weighted by Gasteiger charge is 2.02. The second-order valence-corrected chi connectivity index (χ2v) is 2.45. The van der Waals surface area contributed by atoms with Crippen LogP contribution in [0.3, 0.4) is 0 Å². The van der Waals surface area contributed by atoms with Gasteiger partial charge >= 0.3 is 5.97 Å². The molecule has 0 spiro atoms. The zero-order chi connectivity index (χ0) is 10.1. The van der Waals surface area contributed by atoms with E-state index in [9.17, 15) is 9.59 Å². The summed E-state index contributed by atoms with van der Waals surface area (Å²) in [5.41, 5.74) is 0. The molecule has 0 bridgehead atoms. The monoisotopic (exact) mass is 188 g/mol. The summed E-state index contributed by atoms with van der Waals surface area (Å²) >= 11 is 0. The lowest BCUT2D eigenvalue weighted by Crippen LogP contribution is -2.44. The molecular weight excluding hydrogens is 172 g/mol. The molecule has 0 saturated carbocycles. The third kappa shape index (κ3) is 8.81. The number of ether oxygens (including phenoxy) is 1. The molecule has 0 radical (unpaired) electrons. The highest BCUT2D eigenvalue weighted by molar-refractivity contribution is 5.78. The molecule has 13 heavy (non-hydrogen) atoms. The minimum absolute atomic E-state index is 0.103. The highest BCUT2D eigenvalue weighted by Crippen LogP contribution is 1.70. The molecule has 1 aliphatic heterocycles. The number of piperazine rings is 1. The summed E-state index contributed by atoms with van der Waals surface area (Å²) in [6, 6.07) is 0. The SMILES string of the molecule is CCOC(C)=O.O=C1CNCCN1. The van der Waals surface area contributed by atoms with Crippen LogP contribution < -0.4 is 10.6 Å². The lowest BCUT2D eigenvalue weighted by molar-refractivity contribution is -0.140. The second-order valence-electron chi connectivity index (χ2n) is 2.45. The molecule has 0 aromatic heterocycles. The summed E-state index contributed by atoms with van der Waals surface area (Å²) in [5.74, 6) is -0.108. The van der Waals surface area contributed by atoms with Gasteiger partial charge in [0.15, 0.2) is 0 Å². The van der Waals surface area contributed by atoms with Crippen molar-refractivity contribution in [3.63, 3.8) is 0 Å². The molecular formula is C8H16N2O3. The number of esters is 1. The maximum atomic E-state index is 10.3. The summed E-state index contributed by atoms with van der Waals surface area (Å²) < 4.78 is 4.40. The fourth-order valence-corrected chi connectivity index (χ4v) is 0.758. The van der Waals surface area contributed by atoms with E-state index in [2.05, 4.69) is 15.4 Å². The van der Waals surface area contributed by atoms with Gasteiger partial charge in [-0.05, 0) is 6.92 Å². The van der Waals surface area contributed by atoms with Gasteiger partial charge in [-0.25, -0.2) is 0 Å². The van der Waals surface area contributed by atoms with Crippen molar-refractivity contribution in [2.45, 2.75) is 13.8 Å². The molecule has 1 aliphatic rings. The molecule has 1 heterocycles. The molecule has 1 fully saturated rings. The van der Waals surface area contributed by atoms with Gasteiger partial charge in [-0.2, -0.15) is 0 Å². The van der Waals surface area contributed by atoms with Gasteiger partial charge in [0.25, 0.3) is 0 Å². The Hall–Kier alpha value is -1.10. The van der Waals surface area contributed by atoms with Gasteiger partial charge in [0.05, 0.1) is 13.2 Å². The van der Waals surface area contributed by atoms with Crippen LogP contribution in [0.1, 0.15) is 13.8 Å². The largest absolute Gasteiger partial charge is 0.466 e. The molecule has 0 aromatic rings. The first kappa shape index (κ1) is 11.9. The predicted octanol–water partition coefficient (Wildman–Crippen LogP) is -0.725. The maximum absolute atomic E-state index is 10.3. The van der Waals surface area contributed by atoms with Crippen molar-refractivity contribution in [2.75, 3.05) is 26.2 Å². The molecule has 1 saturated heterocycles. The van der Waals surface area contributed by atoms with Crippen molar-refractivity contribution in [2.24, 2.45) is 0 Å². The molecule has 76 valence electrons. The molecule has 0 atom stereocenters. The third-order valence-corrected chi connectivity index (χ3v) is 1.26. The Morgan fingerprint density at radius 2 is 2.23 bits per heavy atom. The lowest BCUT2D eigenvalue weighted by atomic mass is 10.4. The Kier molecular flexibility index (Phi) is 6.91. The van der Waals surface area contributed by atoms with Crippen LogP contribution in [0.25, 0.3) is 0 Å². The summed E-state index contributed by atoms with van der Waals surface area (Å²) in [6.45, 7) is 5.82. The van der Waals surface area contributed by atoms with Crippen molar-refractivity contribution in [1.82, 2.24) is 10.6 Å². The molecule has 2 N–H and O–H groups in total. The van der Waals surface area contributed by atoms with Gasteiger partial charge in [0.2, 0.25) is 5.91 Å². The number of carbonyl (C=O) groups is 2. The number of hydrogen-bond acceptors (Lipinski definition) is 4. The Labute approximate surface area is 77.8 Å². The zero-order valence-electron chi connectivity index (χ0n) is 8.05. The first-order valence-corrected chi connectivity index (χ1v) is 4.27. The van der Waals surface area contributed by atoms with Crippen molar-refractivity contribution < 1.29 is 14.3 Å². The summed E-state index contributed by atoms with van der Waals surface area (Å²) in [6.07, 6.45) is 0. The molecule has 0 aliphatic carbocycles. The van der Waals surface area contributed by atoms with Gasteiger partial charge in [-0.1, -0.05) is 0 Å². The van der Waals surface area contributed by atoms with E-state index in [0.717, 1.165) is 13.1 Å². The highest BCUT2D eigenvalue weighted by atomic mass is 16.5. The van der Waals surface area contributed by atoms with Gasteiger partial charge in [0.1, 0.15) is 0 Å². The Bertz CT molecular complexity index is 163. The van der Waals surface area contributed by atoms with Crippen LogP contribution in [0.4, 0.5) is 0 Å². The van der Waals surface area contributed by atoms with Crippen LogP contribution in [-0.4, -0.2) is 38.1 Å². The average molecular weight is 188 g/mol. The number of hydrogen-bond donors (Lipinski definition) is 2. The predicted molar refractivity (Wildman–Crippen MR) is 48.2 cm³/mol. The number of rotatable bonds is 1. The van der Waals surface area contributed by atoms with E-state index < -0.39 is 0 Å². The molecule has 5 heteroatoms. The molecule has 5 nitrogen and oxygen atoms in total. The zero-order valence-corrected chi connectivity index (χ0v) is 8.05. The minimum Gasteiger partial charge on any atom is -0.466 e. The van der Waals surface area contributed by atoms with Gasteiger partial charge in [-0.3, -0.25) is 9.59 Å². The van der Waals surface area contributed by atoms with Crippen LogP contribution in [0.2, 0.25) is 0 Å². The first-order valence-electron chi connectivity index (χ1n) is 4.27. The van der Waals surface area contributed by atoms with Crippen molar-refractivity contribution in [3.05, 3.63) is 0 Å². The molecule has 1 rings (SSSR count). The van der Waals surface area contributed by atoms with Crippen LogP contribution >= 0.6 is 0 Å². The first-order chi connectivity index (χ1) is 6.16. The summed E-state index contributed by atoms with van der Waals surface area (Å²) in [4.78, 5) is 20.1. The van der Waals surface area contributed by atoms with E-state index in [-0.39, 0.29) is 11.9 Å². The number of carbonyl (C=O) groups excluding carboxylic acids is 2. The fraction of sp³-hybridized carbons (Fsp3) is 0.750. The lowest BCUT2D eigenvalue weighted by Gasteiger charge is -2.11. The third-order valence-electron chi connectivity index (χ3n) is 1.26. The summed E-state index contributed by atoms with van der Waals surface area (Å²) in [7, 11) is 0. The standard InChI is InChI=1S/C4H8N2O.C4H8O2/c7-4-3-5-1-2-6-4;1-3-6-4(2)5/h5H,1-3H2,(H,6,7);3H2,1-2H3. The molecule has 0 aromatic carbocycles. The second kappa shape index (κ2) is 7.54. The van der Waals surface area contributed by atoms with Crippen molar-refractivity contribution in [3.8, 4) is 0 Å². The van der Waals surface area contributed by atoms with Crippen LogP contribution in [-0.2, 0) is 14.3 Å². The Balaban J connectivity index is 0.000000226. The van der Waals surface area contributed by atoms with Gasteiger partial charge < -0.3 is 15.4 Å². The van der Waals surface area contributed by atoms with E-state index in [0.29, 0.717) is 13.2 Å². The molecule has 0 unspecified atom stereocenters. The fourth-order valence-electron chi connectivity index (χ4n) is 0.758. The van der Waals surface area contributed by atoms with E-state index in [4.69, 9.17) is 0 Å². The number of nitrogens with one attached hydrogen (secondary N) is 2. The normalized spacial score (nSPS) is 15.1. The van der Waals surface area contributed by atoms with E-state index in [1.807, 2.05) is 0 Å². The van der Waals surface area contributed by atoms with Crippen LogP contribution in [0, 0.1) is 0 Å².